The molecule has 0 heterocycles. The van der Waals surface area contributed by atoms with Gasteiger partial charge >= 0.3 is 0 Å². The predicted octanol–water partition coefficient (Wildman–Crippen LogP) is 5.05. The number of rotatable bonds is 8. The van der Waals surface area contributed by atoms with Crippen LogP contribution in [0.1, 0.15) is 35.2 Å². The highest BCUT2D eigenvalue weighted by Gasteiger charge is 2.02. The van der Waals surface area contributed by atoms with E-state index in [4.69, 9.17) is 4.74 Å². The average molecular weight is 347 g/mol. The van der Waals surface area contributed by atoms with E-state index in [9.17, 15) is 4.79 Å². The summed E-state index contributed by atoms with van der Waals surface area (Å²) in [5.41, 5.74) is 2.04. The fraction of sp³-hybridized carbons (Fsp3) is 0.278. The van der Waals surface area contributed by atoms with Gasteiger partial charge in [-0.25, -0.2) is 0 Å². The zero-order valence-electron chi connectivity index (χ0n) is 11.9. The Balaban J connectivity index is 1.65. The van der Waals surface area contributed by atoms with Crippen molar-refractivity contribution in [2.75, 3.05) is 6.61 Å². The van der Waals surface area contributed by atoms with Crippen molar-refractivity contribution in [3.05, 3.63) is 64.1 Å². The molecule has 0 saturated carbocycles. The number of hydrogen-bond donors (Lipinski definition) is 0. The molecule has 110 valence electrons. The lowest BCUT2D eigenvalue weighted by Crippen LogP contribution is -1.99. The third kappa shape index (κ3) is 5.35. The van der Waals surface area contributed by atoms with Gasteiger partial charge in [0.15, 0.2) is 0 Å². The smallest absolute Gasteiger partial charge is 0.150 e. The second-order valence-electron chi connectivity index (χ2n) is 4.95. The maximum Gasteiger partial charge on any atom is 0.150 e. The standard InChI is InChI=1S/C18H19BrO2/c19-17-13-16(14-20)10-11-18(17)21-12-6-2-5-9-15-7-3-1-4-8-15/h1,3-4,7-8,10-11,13-14H,2,5-6,9,12H2. The molecule has 0 amide bonds. The number of aryl methyl sites for hydroxylation is 1. The zero-order valence-corrected chi connectivity index (χ0v) is 13.5. The molecule has 0 aliphatic carbocycles. The van der Waals surface area contributed by atoms with Crippen molar-refractivity contribution >= 4 is 22.2 Å². The molecule has 0 aromatic heterocycles. The number of benzene rings is 2. The van der Waals surface area contributed by atoms with Gasteiger partial charge in [-0.3, -0.25) is 4.79 Å². The van der Waals surface area contributed by atoms with Gasteiger partial charge < -0.3 is 4.74 Å². The van der Waals surface area contributed by atoms with Crippen LogP contribution in [-0.4, -0.2) is 12.9 Å². The highest BCUT2D eigenvalue weighted by Crippen LogP contribution is 2.25. The van der Waals surface area contributed by atoms with Gasteiger partial charge in [0.05, 0.1) is 11.1 Å². The minimum absolute atomic E-state index is 0.650. The summed E-state index contributed by atoms with van der Waals surface area (Å²) in [6.07, 6.45) is 5.32. The predicted molar refractivity (Wildman–Crippen MR) is 89.0 cm³/mol. The highest BCUT2D eigenvalue weighted by molar-refractivity contribution is 9.10. The van der Waals surface area contributed by atoms with Gasteiger partial charge in [0.2, 0.25) is 0 Å². The molecule has 0 bridgehead atoms. The molecule has 0 saturated heterocycles. The minimum atomic E-state index is 0.650. The van der Waals surface area contributed by atoms with Gasteiger partial charge in [-0.1, -0.05) is 30.3 Å². The molecule has 0 aliphatic heterocycles. The van der Waals surface area contributed by atoms with E-state index in [0.29, 0.717) is 12.2 Å². The summed E-state index contributed by atoms with van der Waals surface area (Å²) in [5, 5.41) is 0. The van der Waals surface area contributed by atoms with Gasteiger partial charge in [-0.2, -0.15) is 0 Å². The van der Waals surface area contributed by atoms with Crippen LogP contribution in [0.25, 0.3) is 0 Å². The van der Waals surface area contributed by atoms with Crippen molar-refractivity contribution in [1.29, 1.82) is 0 Å². The quantitative estimate of drug-likeness (QED) is 0.493. The fourth-order valence-corrected chi connectivity index (χ4v) is 2.65. The summed E-state index contributed by atoms with van der Waals surface area (Å²) < 4.78 is 6.56. The van der Waals surface area contributed by atoms with Crippen LogP contribution in [-0.2, 0) is 6.42 Å². The molecule has 0 atom stereocenters. The maximum atomic E-state index is 10.7. The van der Waals surface area contributed by atoms with Gasteiger partial charge in [0.1, 0.15) is 12.0 Å². The van der Waals surface area contributed by atoms with Gasteiger partial charge in [0.25, 0.3) is 0 Å². The number of hydrogen-bond acceptors (Lipinski definition) is 2. The van der Waals surface area contributed by atoms with Crippen molar-refractivity contribution in [1.82, 2.24) is 0 Å². The first-order valence-corrected chi connectivity index (χ1v) is 8.00. The number of unbranched alkanes of at least 4 members (excludes halogenated alkanes) is 2. The Kier molecular flexibility index (Phi) is 6.48. The van der Waals surface area contributed by atoms with E-state index >= 15 is 0 Å². The number of halogens is 1. The summed E-state index contributed by atoms with van der Waals surface area (Å²) in [6, 6.07) is 15.9. The normalized spacial score (nSPS) is 10.3. The Hall–Kier alpha value is -1.61. The van der Waals surface area contributed by atoms with Crippen LogP contribution in [0.3, 0.4) is 0 Å². The molecule has 0 radical (unpaired) electrons. The van der Waals surface area contributed by atoms with Crippen LogP contribution in [0.2, 0.25) is 0 Å². The SMILES string of the molecule is O=Cc1ccc(OCCCCCc2ccccc2)c(Br)c1. The molecule has 0 unspecified atom stereocenters. The van der Waals surface area contributed by atoms with Gasteiger partial charge in [-0.15, -0.1) is 0 Å². The molecule has 21 heavy (non-hydrogen) atoms. The lowest BCUT2D eigenvalue weighted by molar-refractivity contribution is 0.112. The van der Waals surface area contributed by atoms with E-state index in [1.807, 2.05) is 12.1 Å². The topological polar surface area (TPSA) is 26.3 Å². The van der Waals surface area contributed by atoms with Crippen LogP contribution >= 0.6 is 15.9 Å². The Bertz CT molecular complexity index is 567. The second-order valence-corrected chi connectivity index (χ2v) is 5.81. The summed E-state index contributed by atoms with van der Waals surface area (Å²) >= 11 is 3.42. The lowest BCUT2D eigenvalue weighted by Gasteiger charge is -2.08. The number of carbonyl (C=O) groups excluding carboxylic acids is 1. The molecular weight excluding hydrogens is 328 g/mol. The molecule has 2 aromatic carbocycles. The monoisotopic (exact) mass is 346 g/mol. The van der Waals surface area contributed by atoms with Crippen LogP contribution in [0.5, 0.6) is 5.75 Å². The Morgan fingerprint density at radius 3 is 2.52 bits per heavy atom. The minimum Gasteiger partial charge on any atom is -0.492 e. The third-order valence-electron chi connectivity index (χ3n) is 3.30. The van der Waals surface area contributed by atoms with E-state index in [0.717, 1.165) is 35.8 Å². The lowest BCUT2D eigenvalue weighted by atomic mass is 10.1. The van der Waals surface area contributed by atoms with Crippen molar-refractivity contribution < 1.29 is 9.53 Å². The van der Waals surface area contributed by atoms with E-state index in [1.165, 1.54) is 12.0 Å². The van der Waals surface area contributed by atoms with E-state index in [2.05, 4.69) is 40.2 Å². The van der Waals surface area contributed by atoms with E-state index < -0.39 is 0 Å². The second kappa shape index (κ2) is 8.63. The molecule has 0 aliphatic rings. The molecule has 0 spiro atoms. The first-order chi connectivity index (χ1) is 10.3. The first kappa shape index (κ1) is 15.8. The van der Waals surface area contributed by atoms with Crippen molar-refractivity contribution in [3.63, 3.8) is 0 Å². The van der Waals surface area contributed by atoms with Crippen LogP contribution in [0.15, 0.2) is 53.0 Å². The molecule has 2 nitrogen and oxygen atoms in total. The Labute approximate surface area is 134 Å². The Morgan fingerprint density at radius 2 is 1.81 bits per heavy atom. The molecule has 0 fully saturated rings. The molecular formula is C18H19BrO2. The van der Waals surface area contributed by atoms with Crippen molar-refractivity contribution in [2.45, 2.75) is 25.7 Å². The van der Waals surface area contributed by atoms with E-state index in [-0.39, 0.29) is 0 Å². The zero-order chi connectivity index (χ0) is 14.9. The first-order valence-electron chi connectivity index (χ1n) is 7.21. The number of carbonyl (C=O) groups is 1. The number of aldehydes is 1. The fourth-order valence-electron chi connectivity index (χ4n) is 2.14. The van der Waals surface area contributed by atoms with Crippen molar-refractivity contribution in [2.24, 2.45) is 0 Å². The van der Waals surface area contributed by atoms with Crippen LogP contribution in [0.4, 0.5) is 0 Å². The summed E-state index contributed by atoms with van der Waals surface area (Å²) in [4.78, 5) is 10.7. The summed E-state index contributed by atoms with van der Waals surface area (Å²) in [7, 11) is 0. The molecule has 3 heteroatoms. The summed E-state index contributed by atoms with van der Waals surface area (Å²) in [5.74, 6) is 0.795. The molecule has 2 rings (SSSR count). The molecule has 0 N–H and O–H groups in total. The Morgan fingerprint density at radius 1 is 1.00 bits per heavy atom. The third-order valence-corrected chi connectivity index (χ3v) is 3.92. The van der Waals surface area contributed by atoms with Gasteiger partial charge in [0, 0.05) is 5.56 Å². The largest absolute Gasteiger partial charge is 0.492 e. The maximum absolute atomic E-state index is 10.7. The summed E-state index contributed by atoms with van der Waals surface area (Å²) in [6.45, 7) is 0.702. The van der Waals surface area contributed by atoms with Crippen LogP contribution < -0.4 is 4.74 Å². The number of ether oxygens (including phenoxy) is 1. The van der Waals surface area contributed by atoms with Crippen LogP contribution in [0, 0.1) is 0 Å². The highest BCUT2D eigenvalue weighted by atomic mass is 79.9. The van der Waals surface area contributed by atoms with Crippen molar-refractivity contribution in [3.8, 4) is 5.75 Å². The van der Waals surface area contributed by atoms with Gasteiger partial charge in [-0.05, 0) is 65.4 Å². The molecule has 2 aromatic rings. The van der Waals surface area contributed by atoms with E-state index in [1.54, 1.807) is 12.1 Å². The average Bonchev–Trinajstić information content (AvgIpc) is 2.53.